The van der Waals surface area contributed by atoms with Crippen molar-refractivity contribution in [2.75, 3.05) is 25.1 Å². The number of aliphatic imine (C=N–C) groups is 1. The van der Waals surface area contributed by atoms with Gasteiger partial charge in [-0.3, -0.25) is 4.99 Å². The Morgan fingerprint density at radius 2 is 1.94 bits per heavy atom. The standard InChI is InChI=1S/C11H25N3O2S.HI/c1-5-10(3)14-11(12-6-2)13-8-7-9-17(4,15)16;/h10H,5-9H2,1-4H3,(H2,12,13,14);1H. The van der Waals surface area contributed by atoms with E-state index >= 15 is 0 Å². The third-order valence-electron chi connectivity index (χ3n) is 2.28. The average molecular weight is 391 g/mol. The van der Waals surface area contributed by atoms with Gasteiger partial charge in [0.25, 0.3) is 0 Å². The molecular formula is C11H26IN3O2S. The molecule has 5 nitrogen and oxygen atoms in total. The first-order chi connectivity index (χ1) is 7.89. The van der Waals surface area contributed by atoms with Gasteiger partial charge in [-0.05, 0) is 26.7 Å². The van der Waals surface area contributed by atoms with Gasteiger partial charge in [0, 0.05) is 25.4 Å². The van der Waals surface area contributed by atoms with Crippen molar-refractivity contribution >= 4 is 39.8 Å². The largest absolute Gasteiger partial charge is 0.357 e. The Labute approximate surface area is 128 Å². The zero-order chi connectivity index (χ0) is 13.3. The van der Waals surface area contributed by atoms with Crippen LogP contribution in [0.2, 0.25) is 0 Å². The van der Waals surface area contributed by atoms with E-state index in [0.717, 1.165) is 18.9 Å². The van der Waals surface area contributed by atoms with E-state index in [1.165, 1.54) is 6.26 Å². The number of halogens is 1. The Hall–Kier alpha value is -0.0500. The first kappa shape index (κ1) is 20.3. The second-order valence-electron chi connectivity index (χ2n) is 4.20. The van der Waals surface area contributed by atoms with Crippen molar-refractivity contribution in [3.63, 3.8) is 0 Å². The number of rotatable bonds is 7. The highest BCUT2D eigenvalue weighted by Gasteiger charge is 2.03. The molecule has 0 aromatic carbocycles. The van der Waals surface area contributed by atoms with Crippen LogP contribution in [0.4, 0.5) is 0 Å². The summed E-state index contributed by atoms with van der Waals surface area (Å²) in [6.07, 6.45) is 2.84. The molecule has 0 rings (SSSR count). The summed E-state index contributed by atoms with van der Waals surface area (Å²) >= 11 is 0. The molecule has 0 bridgehead atoms. The van der Waals surface area contributed by atoms with Crippen molar-refractivity contribution in [3.8, 4) is 0 Å². The molecular weight excluding hydrogens is 365 g/mol. The molecule has 0 aromatic heterocycles. The fourth-order valence-electron chi connectivity index (χ4n) is 1.17. The summed E-state index contributed by atoms with van der Waals surface area (Å²) in [6.45, 7) is 7.52. The first-order valence-electron chi connectivity index (χ1n) is 6.11. The molecule has 0 spiro atoms. The van der Waals surface area contributed by atoms with Gasteiger partial charge in [-0.2, -0.15) is 0 Å². The van der Waals surface area contributed by atoms with Crippen LogP contribution in [0.5, 0.6) is 0 Å². The highest BCUT2D eigenvalue weighted by molar-refractivity contribution is 14.0. The molecule has 110 valence electrons. The van der Waals surface area contributed by atoms with E-state index in [1.807, 2.05) is 6.92 Å². The Kier molecular flexibility index (Phi) is 12.2. The maximum atomic E-state index is 10.9. The molecule has 0 saturated carbocycles. The van der Waals surface area contributed by atoms with Crippen molar-refractivity contribution in [3.05, 3.63) is 0 Å². The van der Waals surface area contributed by atoms with Crippen molar-refractivity contribution in [2.24, 2.45) is 4.99 Å². The van der Waals surface area contributed by atoms with Gasteiger partial charge in [0.1, 0.15) is 9.84 Å². The maximum absolute atomic E-state index is 10.9. The van der Waals surface area contributed by atoms with Crippen molar-refractivity contribution in [1.82, 2.24) is 10.6 Å². The zero-order valence-electron chi connectivity index (χ0n) is 11.7. The van der Waals surface area contributed by atoms with E-state index in [-0.39, 0.29) is 29.7 Å². The number of nitrogens with zero attached hydrogens (tertiary/aromatic N) is 1. The van der Waals surface area contributed by atoms with Crippen molar-refractivity contribution < 1.29 is 8.42 Å². The Morgan fingerprint density at radius 3 is 2.39 bits per heavy atom. The first-order valence-corrected chi connectivity index (χ1v) is 8.17. The average Bonchev–Trinajstić information content (AvgIpc) is 2.23. The quantitative estimate of drug-likeness (QED) is 0.298. The second kappa shape index (κ2) is 10.8. The highest BCUT2D eigenvalue weighted by Crippen LogP contribution is 1.91. The molecule has 0 aliphatic heterocycles. The molecule has 0 aromatic rings. The van der Waals surface area contributed by atoms with E-state index in [0.29, 0.717) is 19.0 Å². The van der Waals surface area contributed by atoms with Gasteiger partial charge >= 0.3 is 0 Å². The second-order valence-corrected chi connectivity index (χ2v) is 6.46. The van der Waals surface area contributed by atoms with Crippen LogP contribution in [-0.2, 0) is 9.84 Å². The number of hydrogen-bond acceptors (Lipinski definition) is 3. The lowest BCUT2D eigenvalue weighted by molar-refractivity contribution is 0.598. The van der Waals surface area contributed by atoms with Gasteiger partial charge in [0.15, 0.2) is 5.96 Å². The van der Waals surface area contributed by atoms with Crippen LogP contribution in [0.25, 0.3) is 0 Å². The van der Waals surface area contributed by atoms with Gasteiger partial charge in [-0.15, -0.1) is 24.0 Å². The number of nitrogens with one attached hydrogen (secondary N) is 2. The van der Waals surface area contributed by atoms with Crippen LogP contribution in [0.15, 0.2) is 4.99 Å². The van der Waals surface area contributed by atoms with E-state index < -0.39 is 9.84 Å². The van der Waals surface area contributed by atoms with Gasteiger partial charge in [-0.1, -0.05) is 6.92 Å². The maximum Gasteiger partial charge on any atom is 0.191 e. The van der Waals surface area contributed by atoms with Crippen LogP contribution >= 0.6 is 24.0 Å². The Balaban J connectivity index is 0. The molecule has 2 N–H and O–H groups in total. The predicted molar refractivity (Wildman–Crippen MR) is 88.6 cm³/mol. The summed E-state index contributed by atoms with van der Waals surface area (Å²) in [5.74, 6) is 0.953. The summed E-state index contributed by atoms with van der Waals surface area (Å²) in [4.78, 5) is 4.33. The molecule has 0 heterocycles. The third kappa shape index (κ3) is 12.4. The van der Waals surface area contributed by atoms with E-state index in [9.17, 15) is 8.42 Å². The summed E-state index contributed by atoms with van der Waals surface area (Å²) in [6, 6.07) is 0.364. The molecule has 0 amide bonds. The third-order valence-corrected chi connectivity index (χ3v) is 3.31. The smallest absolute Gasteiger partial charge is 0.191 e. The van der Waals surface area contributed by atoms with Crippen LogP contribution in [0.3, 0.4) is 0 Å². The lowest BCUT2D eigenvalue weighted by atomic mass is 10.3. The predicted octanol–water partition coefficient (Wildman–Crippen LogP) is 1.39. The van der Waals surface area contributed by atoms with Crippen LogP contribution < -0.4 is 10.6 Å². The lowest BCUT2D eigenvalue weighted by Crippen LogP contribution is -2.42. The fraction of sp³-hybridized carbons (Fsp3) is 0.909. The van der Waals surface area contributed by atoms with E-state index in [2.05, 4.69) is 29.5 Å². The minimum atomic E-state index is -2.87. The Morgan fingerprint density at radius 1 is 1.33 bits per heavy atom. The number of hydrogen-bond donors (Lipinski definition) is 2. The molecule has 1 atom stereocenters. The van der Waals surface area contributed by atoms with Crippen molar-refractivity contribution in [2.45, 2.75) is 39.7 Å². The number of guanidine groups is 1. The molecule has 7 heteroatoms. The highest BCUT2D eigenvalue weighted by atomic mass is 127. The minimum absolute atomic E-state index is 0. The molecule has 0 fully saturated rings. The van der Waals surface area contributed by atoms with Gasteiger partial charge in [-0.25, -0.2) is 8.42 Å². The monoisotopic (exact) mass is 391 g/mol. The summed E-state index contributed by atoms with van der Waals surface area (Å²) in [7, 11) is -2.87. The molecule has 1 unspecified atom stereocenters. The van der Waals surface area contributed by atoms with E-state index in [4.69, 9.17) is 0 Å². The summed E-state index contributed by atoms with van der Waals surface area (Å²) in [5.41, 5.74) is 0. The zero-order valence-corrected chi connectivity index (χ0v) is 14.8. The molecule has 18 heavy (non-hydrogen) atoms. The van der Waals surface area contributed by atoms with Crippen LogP contribution in [0.1, 0.15) is 33.6 Å². The van der Waals surface area contributed by atoms with Gasteiger partial charge < -0.3 is 10.6 Å². The van der Waals surface area contributed by atoms with Gasteiger partial charge in [0.2, 0.25) is 0 Å². The fourth-order valence-corrected chi connectivity index (χ4v) is 1.83. The summed E-state index contributed by atoms with van der Waals surface area (Å²) < 4.78 is 21.9. The molecule has 0 radical (unpaired) electrons. The van der Waals surface area contributed by atoms with Crippen molar-refractivity contribution in [1.29, 1.82) is 0 Å². The lowest BCUT2D eigenvalue weighted by Gasteiger charge is -2.16. The topological polar surface area (TPSA) is 70.6 Å². The number of sulfone groups is 1. The van der Waals surface area contributed by atoms with Crippen LogP contribution in [-0.4, -0.2) is 45.5 Å². The SMILES string of the molecule is CCNC(=NCCCS(C)(=O)=O)NC(C)CC.I. The molecule has 0 aliphatic rings. The Bertz CT molecular complexity index is 331. The van der Waals surface area contributed by atoms with E-state index in [1.54, 1.807) is 0 Å². The summed E-state index contributed by atoms with van der Waals surface area (Å²) in [5, 5.41) is 6.39. The van der Waals surface area contributed by atoms with Gasteiger partial charge in [0.05, 0.1) is 5.75 Å². The normalized spacial score (nSPS) is 13.7. The van der Waals surface area contributed by atoms with Crippen LogP contribution in [0, 0.1) is 0 Å². The molecule has 0 saturated heterocycles. The molecule has 0 aliphatic carbocycles. The minimum Gasteiger partial charge on any atom is -0.357 e.